The highest BCUT2D eigenvalue weighted by Crippen LogP contribution is 2.27. The van der Waals surface area contributed by atoms with Crippen LogP contribution in [-0.4, -0.2) is 46.6 Å². The molecule has 4 heteroatoms. The van der Waals surface area contributed by atoms with Crippen LogP contribution in [0, 0.1) is 5.92 Å². The molecule has 0 aromatic carbocycles. The lowest BCUT2D eigenvalue weighted by molar-refractivity contribution is -0.141. The number of hydrogen-bond acceptors (Lipinski definition) is 3. The third kappa shape index (κ3) is 1.99. The number of thioether (sulfide) groups is 1. The average molecular weight is 201 g/mol. The lowest BCUT2D eigenvalue weighted by atomic mass is 10.1. The lowest BCUT2D eigenvalue weighted by Gasteiger charge is -2.22. The van der Waals surface area contributed by atoms with Crippen molar-refractivity contribution in [2.45, 2.75) is 18.9 Å². The van der Waals surface area contributed by atoms with Crippen molar-refractivity contribution in [1.82, 2.24) is 4.90 Å². The van der Waals surface area contributed by atoms with E-state index >= 15 is 0 Å². The number of carboxylic acid groups (broad SMARTS) is 1. The van der Waals surface area contributed by atoms with E-state index in [0.29, 0.717) is 6.04 Å². The minimum atomic E-state index is -0.617. The molecule has 0 bridgehead atoms. The molecule has 0 spiro atoms. The maximum Gasteiger partial charge on any atom is 0.307 e. The topological polar surface area (TPSA) is 40.5 Å². The summed E-state index contributed by atoms with van der Waals surface area (Å²) in [4.78, 5) is 13.1. The van der Waals surface area contributed by atoms with E-state index in [4.69, 9.17) is 5.11 Å². The quantitative estimate of drug-likeness (QED) is 0.720. The van der Waals surface area contributed by atoms with E-state index in [1.807, 2.05) is 11.8 Å². The van der Waals surface area contributed by atoms with Crippen LogP contribution in [0.15, 0.2) is 0 Å². The van der Waals surface area contributed by atoms with E-state index in [1.165, 1.54) is 17.9 Å². The van der Waals surface area contributed by atoms with Crippen molar-refractivity contribution in [2.24, 2.45) is 5.92 Å². The highest BCUT2D eigenvalue weighted by molar-refractivity contribution is 7.99. The number of aliphatic carboxylic acids is 1. The molecule has 0 amide bonds. The van der Waals surface area contributed by atoms with Crippen LogP contribution in [0.5, 0.6) is 0 Å². The number of likely N-dealkylation sites (tertiary alicyclic amines) is 1. The zero-order valence-electron chi connectivity index (χ0n) is 7.61. The summed E-state index contributed by atoms with van der Waals surface area (Å²) in [5.74, 6) is 1.73. The van der Waals surface area contributed by atoms with Gasteiger partial charge in [0, 0.05) is 18.3 Å². The maximum atomic E-state index is 10.7. The largest absolute Gasteiger partial charge is 0.481 e. The van der Waals surface area contributed by atoms with Gasteiger partial charge < -0.3 is 5.11 Å². The van der Waals surface area contributed by atoms with Gasteiger partial charge in [0.2, 0.25) is 0 Å². The summed E-state index contributed by atoms with van der Waals surface area (Å²) in [5, 5.41) is 8.84. The summed E-state index contributed by atoms with van der Waals surface area (Å²) in [5.41, 5.74) is 0. The average Bonchev–Trinajstić information content (AvgIpc) is 2.75. The molecule has 2 saturated heterocycles. The van der Waals surface area contributed by atoms with E-state index in [2.05, 4.69) is 4.90 Å². The van der Waals surface area contributed by atoms with Gasteiger partial charge in [-0.2, -0.15) is 11.8 Å². The zero-order chi connectivity index (χ0) is 9.26. The van der Waals surface area contributed by atoms with Crippen molar-refractivity contribution in [3.63, 3.8) is 0 Å². The molecule has 0 unspecified atom stereocenters. The summed E-state index contributed by atoms with van der Waals surface area (Å²) < 4.78 is 0. The third-order valence-electron chi connectivity index (χ3n) is 2.99. The predicted molar refractivity (Wildman–Crippen MR) is 53.0 cm³/mol. The van der Waals surface area contributed by atoms with Crippen LogP contribution >= 0.6 is 11.8 Å². The Kier molecular flexibility index (Phi) is 2.79. The number of carbonyl (C=O) groups is 1. The monoisotopic (exact) mass is 201 g/mol. The molecule has 2 heterocycles. The van der Waals surface area contributed by atoms with Crippen LogP contribution in [0.25, 0.3) is 0 Å². The molecule has 1 N–H and O–H groups in total. The van der Waals surface area contributed by atoms with Crippen LogP contribution in [0.1, 0.15) is 12.8 Å². The Balaban J connectivity index is 1.86. The molecule has 2 aliphatic heterocycles. The van der Waals surface area contributed by atoms with Crippen molar-refractivity contribution in [2.75, 3.05) is 24.6 Å². The normalized spacial score (nSPS) is 35.4. The van der Waals surface area contributed by atoms with Gasteiger partial charge >= 0.3 is 5.97 Å². The number of carboxylic acids is 1. The summed E-state index contributed by atoms with van der Waals surface area (Å²) in [7, 11) is 0. The van der Waals surface area contributed by atoms with Gasteiger partial charge in [0.15, 0.2) is 0 Å². The van der Waals surface area contributed by atoms with Crippen molar-refractivity contribution >= 4 is 17.7 Å². The summed E-state index contributed by atoms with van der Waals surface area (Å²) in [6.45, 7) is 1.77. The molecule has 3 nitrogen and oxygen atoms in total. The molecule has 2 fully saturated rings. The first-order valence-corrected chi connectivity index (χ1v) is 5.97. The van der Waals surface area contributed by atoms with Gasteiger partial charge in [0.25, 0.3) is 0 Å². The van der Waals surface area contributed by atoms with Crippen LogP contribution in [0.2, 0.25) is 0 Å². The molecular formula is C9H15NO2S. The van der Waals surface area contributed by atoms with Crippen molar-refractivity contribution < 1.29 is 9.90 Å². The predicted octanol–water partition coefficient (Wildman–Crippen LogP) is 0.898. The first kappa shape index (κ1) is 9.34. The number of nitrogens with zero attached hydrogens (tertiary/aromatic N) is 1. The second kappa shape index (κ2) is 3.88. The van der Waals surface area contributed by atoms with Gasteiger partial charge in [-0.15, -0.1) is 0 Å². The molecule has 13 heavy (non-hydrogen) atoms. The highest BCUT2D eigenvalue weighted by atomic mass is 32.2. The molecule has 2 atom stereocenters. The third-order valence-corrected chi connectivity index (χ3v) is 4.14. The van der Waals surface area contributed by atoms with E-state index in [-0.39, 0.29) is 5.92 Å². The second-order valence-corrected chi connectivity index (χ2v) is 4.99. The molecular weight excluding hydrogens is 186 g/mol. The fourth-order valence-electron chi connectivity index (χ4n) is 2.13. The van der Waals surface area contributed by atoms with Crippen molar-refractivity contribution in [3.8, 4) is 0 Å². The maximum absolute atomic E-state index is 10.7. The van der Waals surface area contributed by atoms with Crippen LogP contribution in [0.4, 0.5) is 0 Å². The SMILES string of the molecule is O=C(O)[C@H]1CCN([C@@H]2CCSC2)C1. The van der Waals surface area contributed by atoms with Gasteiger partial charge in [0.1, 0.15) is 0 Å². The Hall–Kier alpha value is -0.220. The smallest absolute Gasteiger partial charge is 0.307 e. The first-order valence-electron chi connectivity index (χ1n) is 4.82. The van der Waals surface area contributed by atoms with Crippen LogP contribution in [0.3, 0.4) is 0 Å². The molecule has 0 radical (unpaired) electrons. The van der Waals surface area contributed by atoms with Crippen molar-refractivity contribution in [3.05, 3.63) is 0 Å². The van der Waals surface area contributed by atoms with Crippen LogP contribution < -0.4 is 0 Å². The standard InChI is InChI=1S/C9H15NO2S/c11-9(12)7-1-3-10(5-7)8-2-4-13-6-8/h7-8H,1-6H2,(H,11,12)/t7-,8+/m0/s1. The first-order chi connectivity index (χ1) is 6.27. The summed E-state index contributed by atoms with van der Waals surface area (Å²) in [6.07, 6.45) is 2.09. The van der Waals surface area contributed by atoms with Crippen LogP contribution in [-0.2, 0) is 4.79 Å². The lowest BCUT2D eigenvalue weighted by Crippen LogP contribution is -2.33. The van der Waals surface area contributed by atoms with Crippen molar-refractivity contribution in [1.29, 1.82) is 0 Å². The van der Waals surface area contributed by atoms with Gasteiger partial charge in [0.05, 0.1) is 5.92 Å². The Labute approximate surface area is 82.5 Å². The van der Waals surface area contributed by atoms with E-state index in [1.54, 1.807) is 0 Å². The highest BCUT2D eigenvalue weighted by Gasteiger charge is 2.33. The molecule has 0 saturated carbocycles. The molecule has 2 rings (SSSR count). The van der Waals surface area contributed by atoms with E-state index in [0.717, 1.165) is 19.5 Å². The summed E-state index contributed by atoms with van der Waals surface area (Å²) in [6, 6.07) is 0.661. The molecule has 0 aromatic rings. The molecule has 0 aromatic heterocycles. The van der Waals surface area contributed by atoms with Gasteiger partial charge in [-0.3, -0.25) is 9.69 Å². The Morgan fingerprint density at radius 3 is 2.85 bits per heavy atom. The van der Waals surface area contributed by atoms with Gasteiger partial charge in [-0.1, -0.05) is 0 Å². The summed E-state index contributed by atoms with van der Waals surface area (Å²) >= 11 is 1.99. The fraction of sp³-hybridized carbons (Fsp3) is 0.889. The Bertz CT molecular complexity index is 204. The molecule has 2 aliphatic rings. The fourth-order valence-corrected chi connectivity index (χ4v) is 3.39. The zero-order valence-corrected chi connectivity index (χ0v) is 8.42. The minimum Gasteiger partial charge on any atom is -0.481 e. The van der Waals surface area contributed by atoms with Gasteiger partial charge in [-0.25, -0.2) is 0 Å². The molecule has 0 aliphatic carbocycles. The van der Waals surface area contributed by atoms with E-state index in [9.17, 15) is 4.79 Å². The van der Waals surface area contributed by atoms with Gasteiger partial charge in [-0.05, 0) is 25.1 Å². The van der Waals surface area contributed by atoms with E-state index < -0.39 is 5.97 Å². The Morgan fingerprint density at radius 2 is 2.31 bits per heavy atom. The second-order valence-electron chi connectivity index (χ2n) is 3.84. The number of rotatable bonds is 2. The molecule has 74 valence electrons. The minimum absolute atomic E-state index is 0.106. The number of hydrogen-bond donors (Lipinski definition) is 1. The Morgan fingerprint density at radius 1 is 1.46 bits per heavy atom.